The van der Waals surface area contributed by atoms with E-state index < -0.39 is 0 Å². The lowest BCUT2D eigenvalue weighted by Crippen LogP contribution is -2.09. The molecule has 0 bridgehead atoms. The van der Waals surface area contributed by atoms with Crippen LogP contribution in [0.5, 0.6) is 0 Å². The molecular formula is C5H9ClO. The van der Waals surface area contributed by atoms with E-state index in [1.807, 2.05) is 6.92 Å². The lowest BCUT2D eigenvalue weighted by Gasteiger charge is -2.02. The summed E-state index contributed by atoms with van der Waals surface area (Å²) in [5.41, 5.74) is 0. The van der Waals surface area contributed by atoms with Gasteiger partial charge in [0.25, 0.3) is 0 Å². The fourth-order valence-electron chi connectivity index (χ4n) is 0.706. The average Bonchev–Trinajstić information content (AvgIpc) is 1.91. The first kappa shape index (κ1) is 5.39. The molecule has 1 rings (SSSR count). The summed E-state index contributed by atoms with van der Waals surface area (Å²) < 4.78 is 5.13. The van der Waals surface area contributed by atoms with Crippen LogP contribution in [0.25, 0.3) is 0 Å². The van der Waals surface area contributed by atoms with E-state index in [4.69, 9.17) is 16.3 Å². The number of rotatable bonds is 0. The van der Waals surface area contributed by atoms with Crippen LogP contribution < -0.4 is 0 Å². The van der Waals surface area contributed by atoms with Gasteiger partial charge >= 0.3 is 0 Å². The number of alkyl halides is 1. The molecule has 0 N–H and O–H groups in total. The maximum absolute atomic E-state index is 5.74. The van der Waals surface area contributed by atoms with Gasteiger partial charge in [-0.2, -0.15) is 0 Å². The van der Waals surface area contributed by atoms with Crippen LogP contribution in [-0.2, 0) is 4.74 Å². The van der Waals surface area contributed by atoms with Crippen molar-refractivity contribution in [3.8, 4) is 0 Å². The predicted molar refractivity (Wildman–Crippen MR) is 29.7 cm³/mol. The van der Waals surface area contributed by atoms with Crippen LogP contribution in [0.15, 0.2) is 0 Å². The first-order chi connectivity index (χ1) is 3.30. The Bertz CT molecular complexity index is 57.1. The molecule has 42 valence electrons. The molecule has 0 spiro atoms. The smallest absolute Gasteiger partial charge is 0.0711 e. The van der Waals surface area contributed by atoms with Gasteiger partial charge in [-0.3, -0.25) is 0 Å². The average molecular weight is 121 g/mol. The Balaban J connectivity index is 2.33. The van der Waals surface area contributed by atoms with E-state index >= 15 is 0 Å². The number of ether oxygens (including phenoxy) is 1. The lowest BCUT2D eigenvalue weighted by molar-refractivity contribution is 0.126. The van der Waals surface area contributed by atoms with Crippen molar-refractivity contribution in [1.29, 1.82) is 0 Å². The fourth-order valence-corrected chi connectivity index (χ4v) is 0.867. The van der Waals surface area contributed by atoms with Crippen molar-refractivity contribution < 1.29 is 4.74 Å². The molecule has 0 aliphatic carbocycles. The summed E-state index contributed by atoms with van der Waals surface area (Å²) in [5.74, 6) is 0. The highest BCUT2D eigenvalue weighted by molar-refractivity contribution is 6.21. The highest BCUT2D eigenvalue weighted by Crippen LogP contribution is 2.17. The van der Waals surface area contributed by atoms with Crippen molar-refractivity contribution in [2.75, 3.05) is 6.61 Å². The molecule has 0 amide bonds. The summed E-state index contributed by atoms with van der Waals surface area (Å²) in [5, 5.41) is 0.264. The highest BCUT2D eigenvalue weighted by Gasteiger charge is 2.20. The third-order valence-electron chi connectivity index (χ3n) is 1.28. The van der Waals surface area contributed by atoms with Crippen LogP contribution in [0.1, 0.15) is 13.3 Å². The van der Waals surface area contributed by atoms with Gasteiger partial charge in [0.05, 0.1) is 11.5 Å². The summed E-state index contributed by atoms with van der Waals surface area (Å²) in [6.07, 6.45) is 1.30. The summed E-state index contributed by atoms with van der Waals surface area (Å²) in [4.78, 5) is 0. The van der Waals surface area contributed by atoms with E-state index in [0.717, 1.165) is 13.0 Å². The molecule has 7 heavy (non-hydrogen) atoms. The van der Waals surface area contributed by atoms with Crippen molar-refractivity contribution in [2.24, 2.45) is 0 Å². The van der Waals surface area contributed by atoms with Gasteiger partial charge in [-0.05, 0) is 13.3 Å². The van der Waals surface area contributed by atoms with Crippen LogP contribution >= 0.6 is 11.6 Å². The van der Waals surface area contributed by atoms with Gasteiger partial charge in [-0.1, -0.05) is 0 Å². The van der Waals surface area contributed by atoms with Gasteiger partial charge in [-0.25, -0.2) is 0 Å². The number of halogens is 1. The number of hydrogen-bond donors (Lipinski definition) is 0. The van der Waals surface area contributed by atoms with Gasteiger partial charge in [0, 0.05) is 6.61 Å². The topological polar surface area (TPSA) is 9.23 Å². The minimum absolute atomic E-state index is 0.264. The molecule has 0 radical (unpaired) electrons. The SMILES string of the molecule is C[C@@H]1OCCC1Cl. The molecule has 2 atom stereocenters. The maximum atomic E-state index is 5.74. The minimum atomic E-state index is 0.264. The summed E-state index contributed by atoms with van der Waals surface area (Å²) in [7, 11) is 0. The summed E-state index contributed by atoms with van der Waals surface area (Å²) in [6, 6.07) is 0. The monoisotopic (exact) mass is 120 g/mol. The Morgan fingerprint density at radius 3 is 2.57 bits per heavy atom. The standard InChI is InChI=1S/C5H9ClO/c1-4-5(6)2-3-7-4/h4-5H,2-3H2,1H3/t4-,5?/m0/s1. The third kappa shape index (κ3) is 1.07. The number of hydrogen-bond acceptors (Lipinski definition) is 1. The van der Waals surface area contributed by atoms with Gasteiger partial charge in [-0.15, -0.1) is 11.6 Å². The summed E-state index contributed by atoms with van der Waals surface area (Å²) in [6.45, 7) is 2.85. The fraction of sp³-hybridized carbons (Fsp3) is 1.00. The van der Waals surface area contributed by atoms with Crippen LogP contribution in [0.4, 0.5) is 0 Å². The Kier molecular flexibility index (Phi) is 1.55. The molecule has 0 aromatic carbocycles. The van der Waals surface area contributed by atoms with Gasteiger partial charge in [0.2, 0.25) is 0 Å². The molecule has 0 aromatic rings. The molecule has 1 unspecified atom stereocenters. The van der Waals surface area contributed by atoms with E-state index in [-0.39, 0.29) is 11.5 Å². The van der Waals surface area contributed by atoms with Crippen LogP contribution in [0.2, 0.25) is 0 Å². The van der Waals surface area contributed by atoms with Crippen molar-refractivity contribution in [3.05, 3.63) is 0 Å². The quantitative estimate of drug-likeness (QED) is 0.439. The molecule has 2 heteroatoms. The molecule has 1 nitrogen and oxygen atoms in total. The molecule has 1 aliphatic rings. The molecule has 1 saturated heterocycles. The van der Waals surface area contributed by atoms with E-state index in [1.54, 1.807) is 0 Å². The molecule has 0 aromatic heterocycles. The zero-order valence-electron chi connectivity index (χ0n) is 4.36. The Morgan fingerprint density at radius 2 is 2.43 bits per heavy atom. The van der Waals surface area contributed by atoms with Gasteiger partial charge in [0.15, 0.2) is 0 Å². The van der Waals surface area contributed by atoms with Crippen molar-refractivity contribution in [3.63, 3.8) is 0 Å². The van der Waals surface area contributed by atoms with Gasteiger partial charge < -0.3 is 4.74 Å². The lowest BCUT2D eigenvalue weighted by atomic mass is 10.3. The third-order valence-corrected chi connectivity index (χ3v) is 1.86. The maximum Gasteiger partial charge on any atom is 0.0711 e. The molecule has 0 saturated carbocycles. The first-order valence-corrected chi connectivity index (χ1v) is 3.00. The normalized spacial score (nSPS) is 42.0. The zero-order chi connectivity index (χ0) is 5.28. The molecular weight excluding hydrogens is 112 g/mol. The second-order valence-electron chi connectivity index (χ2n) is 1.88. The summed E-state index contributed by atoms with van der Waals surface area (Å²) >= 11 is 5.74. The van der Waals surface area contributed by atoms with E-state index in [2.05, 4.69) is 0 Å². The predicted octanol–water partition coefficient (Wildman–Crippen LogP) is 1.40. The Labute approximate surface area is 48.6 Å². The van der Waals surface area contributed by atoms with Crippen molar-refractivity contribution >= 4 is 11.6 Å². The first-order valence-electron chi connectivity index (χ1n) is 2.56. The highest BCUT2D eigenvalue weighted by atomic mass is 35.5. The second kappa shape index (κ2) is 2.01. The van der Waals surface area contributed by atoms with E-state index in [9.17, 15) is 0 Å². The van der Waals surface area contributed by atoms with E-state index in [1.165, 1.54) is 0 Å². The molecule has 1 heterocycles. The van der Waals surface area contributed by atoms with E-state index in [0.29, 0.717) is 0 Å². The molecule has 1 aliphatic heterocycles. The van der Waals surface area contributed by atoms with Crippen molar-refractivity contribution in [1.82, 2.24) is 0 Å². The molecule has 1 fully saturated rings. The zero-order valence-corrected chi connectivity index (χ0v) is 5.11. The van der Waals surface area contributed by atoms with Crippen molar-refractivity contribution in [2.45, 2.75) is 24.8 Å². The van der Waals surface area contributed by atoms with Gasteiger partial charge in [0.1, 0.15) is 0 Å². The second-order valence-corrected chi connectivity index (χ2v) is 2.44. The Morgan fingerprint density at radius 1 is 1.71 bits per heavy atom. The largest absolute Gasteiger partial charge is 0.377 e. The van der Waals surface area contributed by atoms with Crippen LogP contribution in [0.3, 0.4) is 0 Å². The van der Waals surface area contributed by atoms with Crippen LogP contribution in [-0.4, -0.2) is 18.1 Å². The Hall–Kier alpha value is 0.250. The van der Waals surface area contributed by atoms with Crippen LogP contribution in [0, 0.1) is 0 Å². The minimum Gasteiger partial charge on any atom is -0.377 e.